The number of benzene rings is 4. The van der Waals surface area contributed by atoms with E-state index >= 15 is 0 Å². The topological polar surface area (TPSA) is 219 Å². The molecule has 0 amide bonds. The molecule has 0 unspecified atom stereocenters. The molecule has 9 rings (SSSR count). The van der Waals surface area contributed by atoms with Crippen molar-refractivity contribution in [2.75, 3.05) is 0 Å². The van der Waals surface area contributed by atoms with Gasteiger partial charge in [0.15, 0.2) is 12.6 Å². The molecule has 4 atom stereocenters. The summed E-state index contributed by atoms with van der Waals surface area (Å²) in [5, 5.41) is 2.81. The number of hydrogen-bond donors (Lipinski definition) is 3. The van der Waals surface area contributed by atoms with Crippen LogP contribution in [0.25, 0.3) is 22.7 Å². The van der Waals surface area contributed by atoms with E-state index in [0.29, 0.717) is 44.7 Å². The second-order valence-electron chi connectivity index (χ2n) is 18.6. The van der Waals surface area contributed by atoms with E-state index in [-0.39, 0.29) is 69.5 Å². The van der Waals surface area contributed by atoms with Gasteiger partial charge in [0.2, 0.25) is 0 Å². The lowest BCUT2D eigenvalue weighted by molar-refractivity contribution is 0.111. The van der Waals surface area contributed by atoms with Crippen LogP contribution >= 0.6 is 86.9 Å². The monoisotopic (exact) mass is 1280 g/mol. The largest absolute Gasteiger partial charge is 0.342 e. The summed E-state index contributed by atoms with van der Waals surface area (Å²) in [6, 6.07) is 29.7. The summed E-state index contributed by atoms with van der Waals surface area (Å²) in [7, 11) is -2.40. The number of nitrogens with two attached hydrogens (primary N) is 1. The molecular weight excluding hydrogens is 1210 g/mol. The van der Waals surface area contributed by atoms with Gasteiger partial charge in [-0.25, -0.2) is 38.1 Å². The normalized spacial score (nSPS) is 12.1. The first kappa shape index (κ1) is 73.4. The van der Waals surface area contributed by atoms with Gasteiger partial charge in [-0.3, -0.25) is 9.59 Å². The summed E-state index contributed by atoms with van der Waals surface area (Å²) in [5.41, 5.74) is 13.0. The Morgan fingerprint density at radius 2 is 0.938 bits per heavy atom. The van der Waals surface area contributed by atoms with Crippen LogP contribution in [0.2, 0.25) is 20.1 Å². The molecule has 0 aliphatic rings. The number of carbonyl (C=O) groups is 2. The van der Waals surface area contributed by atoms with Gasteiger partial charge in [-0.1, -0.05) is 53.8 Å². The van der Waals surface area contributed by atoms with Gasteiger partial charge in [0.1, 0.15) is 28.7 Å². The number of hydrogen-bond acceptors (Lipinski definition) is 10. The maximum Gasteiger partial charge on any atom is 0.170 e. The van der Waals surface area contributed by atoms with Crippen LogP contribution in [0.5, 0.6) is 0 Å². The van der Waals surface area contributed by atoms with E-state index < -0.39 is 22.0 Å². The number of nitrogens with one attached hydrogen (secondary N) is 2. The van der Waals surface area contributed by atoms with Crippen molar-refractivity contribution in [3.63, 3.8) is 0 Å². The average molecular weight is 1280 g/mol. The van der Waals surface area contributed by atoms with Crippen LogP contribution in [0.1, 0.15) is 113 Å². The first-order valence-corrected chi connectivity index (χ1v) is 27.3. The van der Waals surface area contributed by atoms with Gasteiger partial charge >= 0.3 is 0 Å². The number of carbonyl (C=O) groups excluding carboxylic acids is 2. The van der Waals surface area contributed by atoms with Crippen molar-refractivity contribution >= 4 is 128 Å². The number of rotatable bonds is 12. The molecule has 0 aliphatic heterocycles. The third kappa shape index (κ3) is 24.4. The van der Waals surface area contributed by atoms with E-state index in [2.05, 4.69) is 39.0 Å². The molecule has 0 saturated carbocycles. The van der Waals surface area contributed by atoms with Crippen LogP contribution in [0, 0.1) is 0 Å². The van der Waals surface area contributed by atoms with Gasteiger partial charge in [0, 0.05) is 73.7 Å². The molecule has 0 saturated heterocycles. The SMILES string of the molecule is C.CC(C)(C)[S@](=O)N=Cc1cn(-c2ccc(Cl)cc2)cn1.C[C@H](N)c1cn(-c2ccc(Cl)cc2)cn1.C[C@H](N[S@@](=O)C(C)(C)C)c1cn(-c2ccc(Cl)cc2)cn1.O=Cc1cn(-c2ccc(Cl)cc2)cn1.O=Cc1cnc[nH]1.S.S.S. The lowest BCUT2D eigenvalue weighted by Crippen LogP contribution is -2.34. The molecule has 0 bridgehead atoms. The quantitative estimate of drug-likeness (QED) is 0.0776. The minimum Gasteiger partial charge on any atom is -0.342 e. The molecular formula is C55H69Cl4N13O4S5. The number of imidazole rings is 5. The molecule has 5 heterocycles. The van der Waals surface area contributed by atoms with E-state index in [0.717, 1.165) is 39.2 Å². The predicted octanol–water partition coefficient (Wildman–Crippen LogP) is 13.1. The third-order valence-electron chi connectivity index (χ3n) is 10.2. The van der Waals surface area contributed by atoms with Gasteiger partial charge in [-0.15, -0.1) is 0 Å². The minimum absolute atomic E-state index is 0. The Hall–Kier alpha value is -5.63. The third-order valence-corrected chi connectivity index (χ3v) is 14.3. The maximum absolute atomic E-state index is 12.1. The van der Waals surface area contributed by atoms with Gasteiger partial charge < -0.3 is 29.0 Å². The molecule has 4 aromatic carbocycles. The standard InChI is InChI=1S/C15H20ClN3OS.C14H16ClN3OS.C11H12ClN3.C10H7ClN2O.C4H4N2O.CH4.3H2S/c1-11(18-21(20)15(2,3)4)14-9-19(10-17-14)13-7-5-12(16)6-8-13;1-14(2,3)20(19)17-8-12-9-18(10-16-12)13-6-4-11(15)5-7-13;1-8(13)11-6-15(7-14-11)10-4-2-9(12)3-5-10;11-8-1-3-10(4-2-8)13-5-9(6-14)12-7-13;7-2-4-1-5-3-6-4;;;;/h5-11,18H,1-4H3;4-10H,1-3H3;2-8H,13H2,1H3;1-7H;1-3H,(H,5,6);1H4;3*1H2/t11-,21-;20-;8-;;;;;;/m000....../s1. The van der Waals surface area contributed by atoms with Crippen LogP contribution in [0.15, 0.2) is 164 Å². The summed E-state index contributed by atoms with van der Waals surface area (Å²) in [6.07, 6.45) is 20.0. The van der Waals surface area contributed by atoms with Crippen LogP contribution in [0.4, 0.5) is 0 Å². The van der Waals surface area contributed by atoms with Crippen molar-refractivity contribution in [3.8, 4) is 22.7 Å². The van der Waals surface area contributed by atoms with Crippen LogP contribution < -0.4 is 10.5 Å². The highest BCUT2D eigenvalue weighted by Gasteiger charge is 2.23. The van der Waals surface area contributed by atoms with Crippen LogP contribution in [-0.2, 0) is 22.0 Å². The lowest BCUT2D eigenvalue weighted by Gasteiger charge is -2.21. The summed E-state index contributed by atoms with van der Waals surface area (Å²) < 4.78 is 37.9. The van der Waals surface area contributed by atoms with Crippen molar-refractivity contribution in [3.05, 3.63) is 208 Å². The zero-order chi connectivity index (χ0) is 56.3. The predicted molar refractivity (Wildman–Crippen MR) is 349 cm³/mol. The Morgan fingerprint density at radius 3 is 1.26 bits per heavy atom. The highest BCUT2D eigenvalue weighted by atomic mass is 35.5. The van der Waals surface area contributed by atoms with Crippen molar-refractivity contribution < 1.29 is 18.0 Å². The first-order chi connectivity index (χ1) is 36.5. The molecule has 4 N–H and O–H groups in total. The Bertz CT molecular complexity index is 3320. The van der Waals surface area contributed by atoms with Crippen molar-refractivity contribution in [1.29, 1.82) is 0 Å². The zero-order valence-corrected chi connectivity index (χ0v) is 52.6. The Balaban J connectivity index is 0.000000515. The number of H-pyrrole nitrogens is 1. The molecule has 0 fully saturated rings. The van der Waals surface area contributed by atoms with E-state index in [1.165, 1.54) is 18.7 Å². The van der Waals surface area contributed by atoms with E-state index in [1.807, 2.05) is 173 Å². The smallest absolute Gasteiger partial charge is 0.170 e. The van der Waals surface area contributed by atoms with Crippen molar-refractivity contribution in [2.24, 2.45) is 10.1 Å². The van der Waals surface area contributed by atoms with E-state index in [9.17, 15) is 18.0 Å². The summed E-state index contributed by atoms with van der Waals surface area (Å²) in [6.45, 7) is 15.3. The van der Waals surface area contributed by atoms with Crippen molar-refractivity contribution in [1.82, 2.24) is 52.9 Å². The van der Waals surface area contributed by atoms with E-state index in [1.54, 1.807) is 48.2 Å². The fourth-order valence-corrected chi connectivity index (χ4v) is 7.76. The number of aromatic amines is 1. The lowest BCUT2D eigenvalue weighted by atomic mass is 10.3. The first-order valence-electron chi connectivity index (χ1n) is 23.5. The van der Waals surface area contributed by atoms with Gasteiger partial charge in [-0.05, 0) is 152 Å². The van der Waals surface area contributed by atoms with E-state index in [4.69, 9.17) is 52.1 Å². The Morgan fingerprint density at radius 1 is 0.568 bits per heavy atom. The zero-order valence-electron chi connectivity index (χ0n) is 44.9. The number of aldehydes is 2. The molecule has 81 heavy (non-hydrogen) atoms. The summed E-state index contributed by atoms with van der Waals surface area (Å²) in [5.74, 6) is 0. The fraction of sp³-hybridized carbons (Fsp3) is 0.236. The highest BCUT2D eigenvalue weighted by Crippen LogP contribution is 2.20. The molecule has 436 valence electrons. The van der Waals surface area contributed by atoms with Gasteiger partial charge in [-0.2, -0.15) is 44.9 Å². The van der Waals surface area contributed by atoms with Gasteiger partial charge in [0.25, 0.3) is 0 Å². The van der Waals surface area contributed by atoms with Crippen LogP contribution in [0.3, 0.4) is 0 Å². The fourth-order valence-electron chi connectivity index (χ4n) is 5.94. The Labute approximate surface area is 520 Å². The number of aromatic nitrogens is 10. The molecule has 17 nitrogen and oxygen atoms in total. The minimum atomic E-state index is -1.27. The molecule has 9 aromatic rings. The van der Waals surface area contributed by atoms with Gasteiger partial charge in [0.05, 0.1) is 81.3 Å². The highest BCUT2D eigenvalue weighted by molar-refractivity contribution is 7.85. The number of halogens is 4. The second-order valence-corrected chi connectivity index (χ2v) is 24.3. The maximum atomic E-state index is 12.1. The molecule has 26 heteroatoms. The molecule has 0 spiro atoms. The van der Waals surface area contributed by atoms with Crippen molar-refractivity contribution in [2.45, 2.75) is 84.4 Å². The molecule has 0 aliphatic carbocycles. The van der Waals surface area contributed by atoms with Crippen LogP contribution in [-0.4, -0.2) is 84.9 Å². The number of nitrogens with zero attached hydrogens (tertiary/aromatic N) is 10. The summed E-state index contributed by atoms with van der Waals surface area (Å²) in [4.78, 5) is 43.1. The Kier molecular flexibility index (Phi) is 32.1. The summed E-state index contributed by atoms with van der Waals surface area (Å²) >= 11 is 23.3. The molecule has 5 aromatic heterocycles. The molecule has 0 radical (unpaired) electrons. The average Bonchev–Trinajstić information content (AvgIpc) is 4.28. The second kappa shape index (κ2) is 35.4.